The molecule has 3 nitrogen and oxygen atoms in total. The lowest BCUT2D eigenvalue weighted by Gasteiger charge is -2.11. The van der Waals surface area contributed by atoms with Gasteiger partial charge in [0.2, 0.25) is 5.95 Å². The van der Waals surface area contributed by atoms with Crippen molar-refractivity contribution < 1.29 is 0 Å². The van der Waals surface area contributed by atoms with Gasteiger partial charge in [-0.05, 0) is 18.6 Å². The van der Waals surface area contributed by atoms with E-state index in [4.69, 9.17) is 23.2 Å². The largest absolute Gasteiger partial charge is 0.355 e. The van der Waals surface area contributed by atoms with Gasteiger partial charge in [0, 0.05) is 18.9 Å². The van der Waals surface area contributed by atoms with Crippen LogP contribution >= 0.6 is 23.2 Å². The van der Waals surface area contributed by atoms with Gasteiger partial charge in [-0.1, -0.05) is 36.2 Å². The Bertz CT molecular complexity index is 508. The molecule has 5 heteroatoms. The molecular formula is C12H13Cl2N3. The van der Waals surface area contributed by atoms with Crippen LogP contribution < -0.4 is 5.32 Å². The molecule has 2 aromatic rings. The van der Waals surface area contributed by atoms with Crippen molar-refractivity contribution in [2.45, 2.75) is 13.3 Å². The molecule has 0 amide bonds. The first kappa shape index (κ1) is 12.3. The van der Waals surface area contributed by atoms with Gasteiger partial charge in [-0.3, -0.25) is 4.57 Å². The summed E-state index contributed by atoms with van der Waals surface area (Å²) in [6.45, 7) is 2.97. The quantitative estimate of drug-likeness (QED) is 0.909. The summed E-state index contributed by atoms with van der Waals surface area (Å²) >= 11 is 12.2. The number of imidazole rings is 1. The van der Waals surface area contributed by atoms with Crippen LogP contribution in [0, 0.1) is 0 Å². The van der Waals surface area contributed by atoms with E-state index in [2.05, 4.69) is 17.2 Å². The Balaban J connectivity index is 2.39. The number of aromatic nitrogens is 2. The number of hydrogen-bond acceptors (Lipinski definition) is 2. The zero-order valence-corrected chi connectivity index (χ0v) is 11.0. The Kier molecular flexibility index (Phi) is 3.92. The number of halogens is 2. The fraction of sp³-hybridized carbons (Fsp3) is 0.250. The summed E-state index contributed by atoms with van der Waals surface area (Å²) in [5.74, 6) is 0.774. The van der Waals surface area contributed by atoms with Crippen molar-refractivity contribution >= 4 is 29.2 Å². The first-order valence-corrected chi connectivity index (χ1v) is 6.21. The molecule has 0 unspecified atom stereocenters. The highest BCUT2D eigenvalue weighted by atomic mass is 35.5. The van der Waals surface area contributed by atoms with Crippen molar-refractivity contribution in [3.63, 3.8) is 0 Å². The maximum Gasteiger partial charge on any atom is 0.207 e. The Morgan fingerprint density at radius 2 is 2.18 bits per heavy atom. The van der Waals surface area contributed by atoms with E-state index < -0.39 is 0 Å². The molecule has 0 atom stereocenters. The fourth-order valence-corrected chi connectivity index (χ4v) is 1.93. The number of hydrogen-bond donors (Lipinski definition) is 1. The van der Waals surface area contributed by atoms with Crippen molar-refractivity contribution in [1.82, 2.24) is 9.55 Å². The monoisotopic (exact) mass is 269 g/mol. The molecule has 0 fully saturated rings. The lowest BCUT2D eigenvalue weighted by atomic mass is 10.3. The van der Waals surface area contributed by atoms with Gasteiger partial charge in [0.1, 0.15) is 0 Å². The Hall–Kier alpha value is -1.19. The summed E-state index contributed by atoms with van der Waals surface area (Å²) in [5.41, 5.74) is 0.829. The van der Waals surface area contributed by atoms with Crippen LogP contribution in [0.25, 0.3) is 5.69 Å². The minimum Gasteiger partial charge on any atom is -0.355 e. The van der Waals surface area contributed by atoms with Gasteiger partial charge >= 0.3 is 0 Å². The Morgan fingerprint density at radius 3 is 2.94 bits per heavy atom. The highest BCUT2D eigenvalue weighted by molar-refractivity contribution is 6.43. The van der Waals surface area contributed by atoms with E-state index in [9.17, 15) is 0 Å². The number of benzene rings is 1. The highest BCUT2D eigenvalue weighted by Crippen LogP contribution is 2.29. The molecule has 1 N–H and O–H groups in total. The molecule has 0 aliphatic heterocycles. The molecule has 1 heterocycles. The smallest absolute Gasteiger partial charge is 0.207 e. The van der Waals surface area contributed by atoms with Crippen LogP contribution in [0.2, 0.25) is 10.0 Å². The third-order valence-electron chi connectivity index (χ3n) is 2.36. The summed E-state index contributed by atoms with van der Waals surface area (Å²) in [6.07, 6.45) is 4.63. The van der Waals surface area contributed by atoms with E-state index in [1.807, 2.05) is 22.9 Å². The van der Waals surface area contributed by atoms with Crippen molar-refractivity contribution in [3.05, 3.63) is 40.6 Å². The minimum absolute atomic E-state index is 0.534. The lowest BCUT2D eigenvalue weighted by molar-refractivity contribution is 0.937. The molecule has 0 radical (unpaired) electrons. The van der Waals surface area contributed by atoms with Crippen molar-refractivity contribution in [2.24, 2.45) is 0 Å². The second-order valence-electron chi connectivity index (χ2n) is 3.62. The molecule has 0 aliphatic carbocycles. The predicted octanol–water partition coefficient (Wildman–Crippen LogP) is 4.00. The predicted molar refractivity (Wildman–Crippen MR) is 72.4 cm³/mol. The SMILES string of the molecule is CCCNc1nccn1-c1cccc(Cl)c1Cl. The summed E-state index contributed by atoms with van der Waals surface area (Å²) < 4.78 is 1.89. The number of anilines is 1. The van der Waals surface area contributed by atoms with Gasteiger partial charge in [-0.25, -0.2) is 4.98 Å². The van der Waals surface area contributed by atoms with Crippen molar-refractivity contribution in [3.8, 4) is 5.69 Å². The van der Waals surface area contributed by atoms with Crippen LogP contribution in [0.15, 0.2) is 30.6 Å². The van der Waals surface area contributed by atoms with Crippen LogP contribution in [-0.4, -0.2) is 16.1 Å². The summed E-state index contributed by atoms with van der Waals surface area (Å²) in [6, 6.07) is 5.55. The zero-order chi connectivity index (χ0) is 12.3. The van der Waals surface area contributed by atoms with Gasteiger partial charge in [0.25, 0.3) is 0 Å². The molecule has 2 rings (SSSR count). The van der Waals surface area contributed by atoms with Gasteiger partial charge < -0.3 is 5.32 Å². The van der Waals surface area contributed by atoms with Crippen molar-refractivity contribution in [1.29, 1.82) is 0 Å². The topological polar surface area (TPSA) is 29.9 Å². The molecule has 1 aromatic carbocycles. The highest BCUT2D eigenvalue weighted by Gasteiger charge is 2.09. The molecule has 1 aromatic heterocycles. The Labute approximate surface area is 110 Å². The fourth-order valence-electron chi connectivity index (χ4n) is 1.54. The van der Waals surface area contributed by atoms with E-state index in [1.54, 1.807) is 12.3 Å². The van der Waals surface area contributed by atoms with Crippen LogP contribution in [0.4, 0.5) is 5.95 Å². The number of nitrogens with zero attached hydrogens (tertiary/aromatic N) is 2. The van der Waals surface area contributed by atoms with Gasteiger partial charge in [0.15, 0.2) is 0 Å². The van der Waals surface area contributed by atoms with E-state index in [0.29, 0.717) is 10.0 Å². The van der Waals surface area contributed by atoms with E-state index in [0.717, 1.165) is 24.6 Å². The molecule has 0 bridgehead atoms. The van der Waals surface area contributed by atoms with Gasteiger partial charge in [0.05, 0.1) is 15.7 Å². The minimum atomic E-state index is 0.534. The normalized spacial score (nSPS) is 10.5. The number of nitrogens with one attached hydrogen (secondary N) is 1. The van der Waals surface area contributed by atoms with E-state index in [1.165, 1.54) is 0 Å². The zero-order valence-electron chi connectivity index (χ0n) is 9.45. The molecule has 17 heavy (non-hydrogen) atoms. The van der Waals surface area contributed by atoms with Crippen molar-refractivity contribution in [2.75, 3.05) is 11.9 Å². The second kappa shape index (κ2) is 5.43. The average molecular weight is 270 g/mol. The maximum absolute atomic E-state index is 6.18. The van der Waals surface area contributed by atoms with Gasteiger partial charge in [-0.15, -0.1) is 0 Å². The molecular weight excluding hydrogens is 257 g/mol. The van der Waals surface area contributed by atoms with Crippen LogP contribution in [0.3, 0.4) is 0 Å². The van der Waals surface area contributed by atoms with Gasteiger partial charge in [-0.2, -0.15) is 0 Å². The summed E-state index contributed by atoms with van der Waals surface area (Å²) in [4.78, 5) is 4.25. The number of rotatable bonds is 4. The molecule has 90 valence electrons. The molecule has 0 saturated carbocycles. The summed E-state index contributed by atoms with van der Waals surface area (Å²) in [7, 11) is 0. The third kappa shape index (κ3) is 2.56. The average Bonchev–Trinajstić information content (AvgIpc) is 2.78. The molecule has 0 saturated heterocycles. The van der Waals surface area contributed by atoms with Crippen LogP contribution in [0.5, 0.6) is 0 Å². The summed E-state index contributed by atoms with van der Waals surface area (Å²) in [5, 5.41) is 4.31. The van der Waals surface area contributed by atoms with Crippen LogP contribution in [0.1, 0.15) is 13.3 Å². The molecule has 0 spiro atoms. The maximum atomic E-state index is 6.18. The van der Waals surface area contributed by atoms with E-state index in [-0.39, 0.29) is 0 Å². The third-order valence-corrected chi connectivity index (χ3v) is 3.17. The second-order valence-corrected chi connectivity index (χ2v) is 4.41. The molecule has 0 aliphatic rings. The first-order chi connectivity index (χ1) is 8.24. The lowest BCUT2D eigenvalue weighted by Crippen LogP contribution is -2.07. The standard InChI is InChI=1S/C12H13Cl2N3/c1-2-6-15-12-16-7-8-17(12)10-5-3-4-9(13)11(10)14/h3-5,7-8H,2,6H2,1H3,(H,15,16). The first-order valence-electron chi connectivity index (χ1n) is 5.45. The van der Waals surface area contributed by atoms with E-state index >= 15 is 0 Å². The van der Waals surface area contributed by atoms with Crippen LogP contribution in [-0.2, 0) is 0 Å². The Morgan fingerprint density at radius 1 is 1.35 bits per heavy atom.